The van der Waals surface area contributed by atoms with Crippen molar-refractivity contribution in [1.29, 1.82) is 0 Å². The van der Waals surface area contributed by atoms with E-state index in [1.165, 1.54) is 0 Å². The second-order valence-electron chi connectivity index (χ2n) is 10.3. The molecule has 7 heteroatoms. The zero-order valence-corrected chi connectivity index (χ0v) is 21.0. The quantitative estimate of drug-likeness (QED) is 0.544. The lowest BCUT2D eigenvalue weighted by Gasteiger charge is -2.39. The molecule has 2 atom stereocenters. The van der Waals surface area contributed by atoms with Gasteiger partial charge < -0.3 is 18.9 Å². The third kappa shape index (κ3) is 4.32. The van der Waals surface area contributed by atoms with E-state index in [0.717, 1.165) is 31.4 Å². The molecule has 0 saturated heterocycles. The number of methoxy groups -OCH3 is 3. The van der Waals surface area contributed by atoms with Crippen LogP contribution < -0.4 is 14.2 Å². The van der Waals surface area contributed by atoms with E-state index in [2.05, 4.69) is 13.8 Å². The van der Waals surface area contributed by atoms with Gasteiger partial charge in [-0.2, -0.15) is 0 Å². The van der Waals surface area contributed by atoms with Crippen molar-refractivity contribution >= 4 is 17.5 Å². The van der Waals surface area contributed by atoms with Crippen molar-refractivity contribution in [2.75, 3.05) is 21.3 Å². The second-order valence-corrected chi connectivity index (χ2v) is 10.3. The first-order chi connectivity index (χ1) is 16.2. The Bertz CT molecular complexity index is 1050. The van der Waals surface area contributed by atoms with Gasteiger partial charge in [0.05, 0.1) is 21.3 Å². The topological polar surface area (TPSA) is 83.4 Å². The van der Waals surface area contributed by atoms with Crippen molar-refractivity contribution in [2.45, 2.75) is 71.3 Å². The Morgan fingerprint density at radius 2 is 1.68 bits per heavy atom. The number of nitrogens with zero attached hydrogens (tertiary/aromatic N) is 1. The maximum Gasteiger partial charge on any atom is 0.315 e. The van der Waals surface area contributed by atoms with Crippen LogP contribution in [0.5, 0.6) is 17.2 Å². The van der Waals surface area contributed by atoms with Crippen molar-refractivity contribution in [1.82, 2.24) is 0 Å². The molecule has 1 fully saturated rings. The molecule has 2 aliphatic carbocycles. The number of hydrogen-bond acceptors (Lipinski definition) is 7. The normalized spacial score (nSPS) is 24.4. The predicted octanol–water partition coefficient (Wildman–Crippen LogP) is 5.02. The molecule has 34 heavy (non-hydrogen) atoms. The lowest BCUT2D eigenvalue weighted by Crippen LogP contribution is -2.40. The number of esters is 1. The summed E-state index contributed by atoms with van der Waals surface area (Å²) in [6.45, 7) is 6.01. The Morgan fingerprint density at radius 3 is 2.29 bits per heavy atom. The highest BCUT2D eigenvalue weighted by molar-refractivity contribution is 6.09. The van der Waals surface area contributed by atoms with Crippen LogP contribution in [0.4, 0.5) is 0 Å². The molecule has 0 spiro atoms. The van der Waals surface area contributed by atoms with Gasteiger partial charge in [0.15, 0.2) is 17.3 Å². The van der Waals surface area contributed by atoms with Crippen LogP contribution >= 0.6 is 0 Å². The van der Waals surface area contributed by atoms with Crippen LogP contribution in [0.2, 0.25) is 0 Å². The highest BCUT2D eigenvalue weighted by atomic mass is 16.5. The van der Waals surface area contributed by atoms with Crippen molar-refractivity contribution < 1.29 is 28.5 Å². The Balaban J connectivity index is 1.88. The minimum atomic E-state index is -0.712. The molecule has 1 heterocycles. The molecule has 0 amide bonds. The minimum Gasteiger partial charge on any atom is -0.493 e. The van der Waals surface area contributed by atoms with Gasteiger partial charge in [-0.05, 0) is 50.5 Å². The molecule has 0 N–H and O–H groups in total. The number of allylic oxidation sites excluding steroid dienone is 2. The maximum absolute atomic E-state index is 13.6. The zero-order valence-electron chi connectivity index (χ0n) is 21.0. The monoisotopic (exact) mass is 469 g/mol. The average molecular weight is 470 g/mol. The first-order valence-corrected chi connectivity index (χ1v) is 12.0. The van der Waals surface area contributed by atoms with Gasteiger partial charge in [0.2, 0.25) is 5.75 Å². The molecule has 3 aliphatic rings. The van der Waals surface area contributed by atoms with Gasteiger partial charge >= 0.3 is 5.97 Å². The number of Topliss-reactive ketones (excluding diaryl/α,β-unsaturated/α-hetero) is 1. The number of rotatable bonds is 6. The number of carbonyl (C=O) groups excluding carboxylic acids is 2. The van der Waals surface area contributed by atoms with Crippen LogP contribution in [-0.4, -0.2) is 44.9 Å². The van der Waals surface area contributed by atoms with Crippen LogP contribution in [0.15, 0.2) is 28.4 Å². The van der Waals surface area contributed by atoms with Gasteiger partial charge in [-0.15, -0.1) is 0 Å². The number of ether oxygens (including phenoxy) is 4. The number of hydrogen-bond donors (Lipinski definition) is 0. The Kier molecular flexibility index (Phi) is 6.74. The average Bonchev–Trinajstić information content (AvgIpc) is 3.28. The van der Waals surface area contributed by atoms with E-state index in [1.54, 1.807) is 27.4 Å². The number of carbonyl (C=O) groups is 2. The summed E-state index contributed by atoms with van der Waals surface area (Å²) in [7, 11) is 4.66. The summed E-state index contributed by atoms with van der Waals surface area (Å²) in [5.74, 6) is -0.209. The number of aliphatic imine (C=N–C) groups is 1. The molecule has 1 unspecified atom stereocenters. The third-order valence-electron chi connectivity index (χ3n) is 7.21. The van der Waals surface area contributed by atoms with Crippen molar-refractivity contribution in [2.24, 2.45) is 16.3 Å². The Hall–Kier alpha value is -2.83. The van der Waals surface area contributed by atoms with E-state index in [0.29, 0.717) is 46.9 Å². The third-order valence-corrected chi connectivity index (χ3v) is 7.21. The molecule has 184 valence electrons. The summed E-state index contributed by atoms with van der Waals surface area (Å²) in [6, 6.07) is 3.64. The fourth-order valence-corrected chi connectivity index (χ4v) is 5.70. The van der Waals surface area contributed by atoms with E-state index < -0.39 is 11.8 Å². The SMILES string of the molecule is COc1ccc([C@H]2C3=C(CC(C)(C)CC3=O)N=C(C)C2C(=O)OC2CCCC2)c(OC)c1OC. The molecule has 1 aliphatic heterocycles. The largest absolute Gasteiger partial charge is 0.493 e. The van der Waals surface area contributed by atoms with Gasteiger partial charge in [-0.3, -0.25) is 14.6 Å². The van der Waals surface area contributed by atoms with E-state index in [1.807, 2.05) is 13.0 Å². The smallest absolute Gasteiger partial charge is 0.315 e. The molecular weight excluding hydrogens is 434 g/mol. The summed E-state index contributed by atoms with van der Waals surface area (Å²) in [4.78, 5) is 32.0. The molecule has 7 nitrogen and oxygen atoms in total. The summed E-state index contributed by atoms with van der Waals surface area (Å²) in [5.41, 5.74) is 2.51. The lowest BCUT2D eigenvalue weighted by atomic mass is 9.66. The molecular formula is C27H35NO6. The second kappa shape index (κ2) is 9.43. The Labute approximate surface area is 201 Å². The summed E-state index contributed by atoms with van der Waals surface area (Å²) in [5, 5.41) is 0. The molecule has 4 rings (SSSR count). The first-order valence-electron chi connectivity index (χ1n) is 12.0. The first kappa shape index (κ1) is 24.3. The van der Waals surface area contributed by atoms with Gasteiger partial charge in [-0.1, -0.05) is 19.9 Å². The van der Waals surface area contributed by atoms with Crippen LogP contribution in [0.25, 0.3) is 0 Å². The van der Waals surface area contributed by atoms with Crippen molar-refractivity contribution in [3.8, 4) is 17.2 Å². The van der Waals surface area contributed by atoms with Gasteiger partial charge in [0, 0.05) is 34.9 Å². The van der Waals surface area contributed by atoms with Gasteiger partial charge in [0.25, 0.3) is 0 Å². The predicted molar refractivity (Wildman–Crippen MR) is 129 cm³/mol. The molecule has 1 aromatic rings. The van der Waals surface area contributed by atoms with Crippen molar-refractivity contribution in [3.05, 3.63) is 29.0 Å². The molecule has 1 saturated carbocycles. The molecule has 0 aromatic heterocycles. The lowest BCUT2D eigenvalue weighted by molar-refractivity contribution is -0.151. The summed E-state index contributed by atoms with van der Waals surface area (Å²) in [6.07, 6.45) is 4.86. The van der Waals surface area contributed by atoms with Crippen LogP contribution in [0.3, 0.4) is 0 Å². The van der Waals surface area contributed by atoms with E-state index >= 15 is 0 Å². The van der Waals surface area contributed by atoms with Crippen LogP contribution in [0.1, 0.15) is 70.8 Å². The van der Waals surface area contributed by atoms with Crippen LogP contribution in [0, 0.1) is 11.3 Å². The fourth-order valence-electron chi connectivity index (χ4n) is 5.70. The summed E-state index contributed by atoms with van der Waals surface area (Å²) >= 11 is 0. The van der Waals surface area contributed by atoms with E-state index in [4.69, 9.17) is 23.9 Å². The number of ketones is 1. The molecule has 1 aromatic carbocycles. The van der Waals surface area contributed by atoms with Gasteiger partial charge in [-0.25, -0.2) is 0 Å². The van der Waals surface area contributed by atoms with E-state index in [-0.39, 0.29) is 23.3 Å². The fraction of sp³-hybridized carbons (Fsp3) is 0.593. The van der Waals surface area contributed by atoms with Crippen molar-refractivity contribution in [3.63, 3.8) is 0 Å². The Morgan fingerprint density at radius 1 is 1.00 bits per heavy atom. The van der Waals surface area contributed by atoms with Gasteiger partial charge in [0.1, 0.15) is 12.0 Å². The van der Waals surface area contributed by atoms with Crippen LogP contribution in [-0.2, 0) is 14.3 Å². The maximum atomic E-state index is 13.6. The molecule has 0 radical (unpaired) electrons. The van der Waals surface area contributed by atoms with E-state index in [9.17, 15) is 9.59 Å². The standard InChI is InChI=1S/C27H35NO6/c1-15-21(26(30)34-16-9-7-8-10-16)22(23-18(28-15)13-27(2,3)14-19(23)29)17-11-12-20(31-4)25(33-6)24(17)32-5/h11-12,16,21-22H,7-10,13-14H2,1-6H3/t21?,22-/m1/s1. The highest BCUT2D eigenvalue weighted by Gasteiger charge is 2.47. The highest BCUT2D eigenvalue weighted by Crippen LogP contribution is 2.52. The number of benzene rings is 1. The zero-order chi connectivity index (χ0) is 24.6. The molecule has 0 bridgehead atoms. The minimum absolute atomic E-state index is 0.0167. The summed E-state index contributed by atoms with van der Waals surface area (Å²) < 4.78 is 22.8.